The largest absolute Gasteiger partial charge is 0.489 e. The third-order valence-corrected chi connectivity index (χ3v) is 6.53. The fourth-order valence-corrected chi connectivity index (χ4v) is 4.39. The molecule has 2 aliphatic rings. The maximum Gasteiger partial charge on any atom is 0.317 e. The van der Waals surface area contributed by atoms with Gasteiger partial charge in [0.05, 0.1) is 49.9 Å². The number of carbonyl (C=O) groups is 1. The predicted molar refractivity (Wildman–Crippen MR) is 138 cm³/mol. The molecule has 10 nitrogen and oxygen atoms in total. The van der Waals surface area contributed by atoms with Crippen LogP contribution in [0.25, 0.3) is 11.3 Å². The van der Waals surface area contributed by atoms with Crippen molar-refractivity contribution in [1.82, 2.24) is 25.2 Å². The number of aromatic nitrogens is 3. The molecule has 4 heterocycles. The Morgan fingerprint density at radius 1 is 1.08 bits per heavy atom. The van der Waals surface area contributed by atoms with E-state index in [0.29, 0.717) is 69.6 Å². The molecular formula is C28H30N6O4. The zero-order chi connectivity index (χ0) is 26.2. The quantitative estimate of drug-likeness (QED) is 0.510. The molecule has 2 aliphatic heterocycles. The number of hydrogen-bond donors (Lipinski definition) is 1. The molecule has 196 valence electrons. The highest BCUT2D eigenvalue weighted by Crippen LogP contribution is 2.27. The standard InChI is InChI=1S/C28H30N6O4/c29-17-22-16-21(2-4-26(22)38-24-6-11-36-12-7-24)25-5-8-30-27(33-25)15-20-1-3-23(31-18-20)19-32-28(35)34-9-13-37-14-10-34/h1-5,8,16,18,24H,6-7,9-15,19H2,(H,32,35). The molecule has 0 aliphatic carbocycles. The van der Waals surface area contributed by atoms with Crippen molar-refractivity contribution in [3.05, 3.63) is 71.4 Å². The minimum atomic E-state index is -0.105. The number of benzene rings is 1. The van der Waals surface area contributed by atoms with Gasteiger partial charge in [-0.2, -0.15) is 5.26 Å². The monoisotopic (exact) mass is 514 g/mol. The van der Waals surface area contributed by atoms with Crippen molar-refractivity contribution in [3.63, 3.8) is 0 Å². The van der Waals surface area contributed by atoms with E-state index in [1.165, 1.54) is 0 Å². The summed E-state index contributed by atoms with van der Waals surface area (Å²) in [5.74, 6) is 1.24. The number of nitrogens with zero attached hydrogens (tertiary/aromatic N) is 5. The van der Waals surface area contributed by atoms with Gasteiger partial charge in [0, 0.05) is 50.3 Å². The minimum Gasteiger partial charge on any atom is -0.489 e. The SMILES string of the molecule is N#Cc1cc(-c2ccnc(Cc3ccc(CNC(=O)N4CCOCC4)nc3)n2)ccc1OC1CCOCC1. The summed E-state index contributed by atoms with van der Waals surface area (Å²) in [5, 5.41) is 12.6. The summed E-state index contributed by atoms with van der Waals surface area (Å²) in [6, 6.07) is 13.4. The van der Waals surface area contributed by atoms with Gasteiger partial charge in [-0.3, -0.25) is 4.98 Å². The van der Waals surface area contributed by atoms with Gasteiger partial charge >= 0.3 is 6.03 Å². The van der Waals surface area contributed by atoms with Crippen LogP contribution in [-0.2, 0) is 22.4 Å². The lowest BCUT2D eigenvalue weighted by Crippen LogP contribution is -2.45. The van der Waals surface area contributed by atoms with E-state index in [4.69, 9.17) is 19.2 Å². The summed E-state index contributed by atoms with van der Waals surface area (Å²) >= 11 is 0. The molecular weight excluding hydrogens is 484 g/mol. The Bertz CT molecular complexity index is 1280. The molecule has 2 saturated heterocycles. The number of amides is 2. The Balaban J connectivity index is 1.20. The number of pyridine rings is 1. The normalized spacial score (nSPS) is 16.0. The van der Waals surface area contributed by atoms with Gasteiger partial charge in [-0.25, -0.2) is 14.8 Å². The summed E-state index contributed by atoms with van der Waals surface area (Å²) in [7, 11) is 0. The number of nitriles is 1. The van der Waals surface area contributed by atoms with Crippen LogP contribution in [0.1, 0.15) is 35.5 Å². The first kappa shape index (κ1) is 25.6. The van der Waals surface area contributed by atoms with Crippen LogP contribution in [0.15, 0.2) is 48.8 Å². The summed E-state index contributed by atoms with van der Waals surface area (Å²) in [5.41, 5.74) is 3.78. The zero-order valence-corrected chi connectivity index (χ0v) is 21.1. The molecule has 0 spiro atoms. The number of morpholine rings is 1. The maximum absolute atomic E-state index is 12.3. The first-order valence-corrected chi connectivity index (χ1v) is 12.8. The van der Waals surface area contributed by atoms with Crippen LogP contribution >= 0.6 is 0 Å². The minimum absolute atomic E-state index is 0.0633. The Morgan fingerprint density at radius 2 is 1.89 bits per heavy atom. The molecule has 2 fully saturated rings. The van der Waals surface area contributed by atoms with E-state index in [2.05, 4.69) is 21.4 Å². The lowest BCUT2D eigenvalue weighted by molar-refractivity contribution is 0.0254. The van der Waals surface area contributed by atoms with Crippen molar-refractivity contribution in [1.29, 1.82) is 5.26 Å². The summed E-state index contributed by atoms with van der Waals surface area (Å²) in [4.78, 5) is 27.6. The number of urea groups is 1. The van der Waals surface area contributed by atoms with Crippen molar-refractivity contribution < 1.29 is 19.0 Å². The third kappa shape index (κ3) is 6.62. The lowest BCUT2D eigenvalue weighted by atomic mass is 10.1. The predicted octanol–water partition coefficient (Wildman–Crippen LogP) is 3.10. The van der Waals surface area contributed by atoms with E-state index in [1.807, 2.05) is 36.4 Å². The van der Waals surface area contributed by atoms with Crippen LogP contribution in [0.2, 0.25) is 0 Å². The molecule has 0 saturated carbocycles. The number of rotatable bonds is 7. The van der Waals surface area contributed by atoms with E-state index in [-0.39, 0.29) is 12.1 Å². The van der Waals surface area contributed by atoms with Crippen LogP contribution in [0.4, 0.5) is 4.79 Å². The molecule has 0 atom stereocenters. The summed E-state index contributed by atoms with van der Waals surface area (Å²) < 4.78 is 16.7. The maximum atomic E-state index is 12.3. The molecule has 38 heavy (non-hydrogen) atoms. The van der Waals surface area contributed by atoms with Gasteiger partial charge in [0.25, 0.3) is 0 Å². The Labute approximate surface area is 221 Å². The number of hydrogen-bond acceptors (Lipinski definition) is 8. The molecule has 1 N–H and O–H groups in total. The van der Waals surface area contributed by atoms with Crippen molar-refractivity contribution in [2.24, 2.45) is 0 Å². The average molecular weight is 515 g/mol. The smallest absolute Gasteiger partial charge is 0.317 e. The van der Waals surface area contributed by atoms with E-state index < -0.39 is 0 Å². The van der Waals surface area contributed by atoms with E-state index in [1.54, 1.807) is 17.3 Å². The van der Waals surface area contributed by atoms with Crippen molar-refractivity contribution >= 4 is 6.03 Å². The van der Waals surface area contributed by atoms with Crippen molar-refractivity contribution in [2.45, 2.75) is 31.9 Å². The molecule has 2 amide bonds. The molecule has 0 unspecified atom stereocenters. The first-order valence-electron chi connectivity index (χ1n) is 12.8. The zero-order valence-electron chi connectivity index (χ0n) is 21.1. The summed E-state index contributed by atoms with van der Waals surface area (Å²) in [6.45, 7) is 4.06. The Hall–Kier alpha value is -4.07. The van der Waals surface area contributed by atoms with Crippen molar-refractivity contribution in [3.8, 4) is 23.1 Å². The second-order valence-electron chi connectivity index (χ2n) is 9.20. The van der Waals surface area contributed by atoms with Crippen LogP contribution in [0.5, 0.6) is 5.75 Å². The molecule has 3 aromatic rings. The number of ether oxygens (including phenoxy) is 3. The second-order valence-corrected chi connectivity index (χ2v) is 9.20. The molecule has 0 bridgehead atoms. The van der Waals surface area contributed by atoms with Gasteiger partial charge in [0.15, 0.2) is 0 Å². The van der Waals surface area contributed by atoms with Crippen LogP contribution in [0, 0.1) is 11.3 Å². The van der Waals surface area contributed by atoms with Crippen LogP contribution < -0.4 is 10.1 Å². The van der Waals surface area contributed by atoms with Gasteiger partial charge in [-0.1, -0.05) is 6.07 Å². The van der Waals surface area contributed by atoms with Gasteiger partial charge in [0.2, 0.25) is 0 Å². The highest BCUT2D eigenvalue weighted by molar-refractivity contribution is 5.74. The van der Waals surface area contributed by atoms with E-state index >= 15 is 0 Å². The highest BCUT2D eigenvalue weighted by atomic mass is 16.5. The van der Waals surface area contributed by atoms with E-state index in [0.717, 1.165) is 35.4 Å². The lowest BCUT2D eigenvalue weighted by Gasteiger charge is -2.26. The Kier molecular flexibility index (Phi) is 8.38. The molecule has 1 aromatic carbocycles. The van der Waals surface area contributed by atoms with E-state index in [9.17, 15) is 10.1 Å². The fourth-order valence-electron chi connectivity index (χ4n) is 4.39. The van der Waals surface area contributed by atoms with Crippen LogP contribution in [0.3, 0.4) is 0 Å². The molecule has 10 heteroatoms. The Morgan fingerprint density at radius 3 is 2.66 bits per heavy atom. The highest BCUT2D eigenvalue weighted by Gasteiger charge is 2.18. The molecule has 5 rings (SSSR count). The first-order chi connectivity index (χ1) is 18.7. The van der Waals surface area contributed by atoms with Gasteiger partial charge < -0.3 is 24.4 Å². The van der Waals surface area contributed by atoms with Gasteiger partial charge in [0.1, 0.15) is 23.7 Å². The average Bonchev–Trinajstić information content (AvgIpc) is 2.98. The summed E-state index contributed by atoms with van der Waals surface area (Å²) in [6.07, 6.45) is 5.72. The van der Waals surface area contributed by atoms with Crippen LogP contribution in [-0.4, -0.2) is 71.5 Å². The second kappa shape index (κ2) is 12.4. The third-order valence-electron chi connectivity index (χ3n) is 6.53. The van der Waals surface area contributed by atoms with Crippen molar-refractivity contribution in [2.75, 3.05) is 39.5 Å². The number of nitrogens with one attached hydrogen (secondary N) is 1. The fraction of sp³-hybridized carbons (Fsp3) is 0.393. The molecule has 0 radical (unpaired) electrons. The topological polar surface area (TPSA) is 122 Å². The molecule has 2 aromatic heterocycles. The van der Waals surface area contributed by atoms with Gasteiger partial charge in [-0.05, 0) is 35.9 Å². The number of carbonyl (C=O) groups excluding carboxylic acids is 1. The van der Waals surface area contributed by atoms with Gasteiger partial charge in [-0.15, -0.1) is 0 Å².